The van der Waals surface area contributed by atoms with Gasteiger partial charge < -0.3 is 5.11 Å². The van der Waals surface area contributed by atoms with Gasteiger partial charge in [-0.3, -0.25) is 0 Å². The number of rotatable bonds is 6. The van der Waals surface area contributed by atoms with Gasteiger partial charge in [-0.05, 0) is 31.1 Å². The molecule has 0 spiro atoms. The minimum Gasteiger partial charge on any atom is -0.389 e. The lowest BCUT2D eigenvalue weighted by atomic mass is 10.0. The first-order chi connectivity index (χ1) is 7.29. The van der Waals surface area contributed by atoms with E-state index in [9.17, 15) is 5.11 Å². The van der Waals surface area contributed by atoms with Gasteiger partial charge in [0.25, 0.3) is 0 Å². The lowest BCUT2D eigenvalue weighted by molar-refractivity contribution is 0.105. The van der Waals surface area contributed by atoms with E-state index in [4.69, 9.17) is 0 Å². The molecule has 2 atom stereocenters. The molecule has 88 valence electrons. The van der Waals surface area contributed by atoms with Gasteiger partial charge in [0, 0.05) is 0 Å². The summed E-state index contributed by atoms with van der Waals surface area (Å²) in [5.74, 6) is 1.38. The molecule has 2 fully saturated rings. The summed E-state index contributed by atoms with van der Waals surface area (Å²) in [6, 6.07) is 0. The summed E-state index contributed by atoms with van der Waals surface area (Å²) in [6.45, 7) is 2.25. The van der Waals surface area contributed by atoms with Crippen LogP contribution in [0.25, 0.3) is 0 Å². The molecule has 1 N–H and O–H groups in total. The third kappa shape index (κ3) is 2.38. The molecule has 2 rings (SSSR count). The monoisotopic (exact) mass is 210 g/mol. The van der Waals surface area contributed by atoms with Crippen LogP contribution in [0.5, 0.6) is 0 Å². The second kappa shape index (κ2) is 4.86. The van der Waals surface area contributed by atoms with Gasteiger partial charge in [-0.25, -0.2) is 0 Å². The van der Waals surface area contributed by atoms with Gasteiger partial charge in [-0.15, -0.1) is 0 Å². The van der Waals surface area contributed by atoms with Crippen molar-refractivity contribution in [3.8, 4) is 0 Å². The van der Waals surface area contributed by atoms with E-state index in [1.165, 1.54) is 57.8 Å². The van der Waals surface area contributed by atoms with Crippen LogP contribution >= 0.6 is 0 Å². The summed E-state index contributed by atoms with van der Waals surface area (Å²) in [5, 5.41) is 10.4. The third-order valence-corrected chi connectivity index (χ3v) is 4.62. The average molecular weight is 210 g/mol. The molecule has 2 aliphatic rings. The predicted octanol–water partition coefficient (Wildman–Crippen LogP) is 3.90. The highest BCUT2D eigenvalue weighted by Gasteiger charge is 2.62. The predicted molar refractivity (Wildman–Crippen MR) is 63.8 cm³/mol. The maximum absolute atomic E-state index is 10.4. The maximum atomic E-state index is 10.4. The van der Waals surface area contributed by atoms with Crippen LogP contribution in [0.3, 0.4) is 0 Å². The Morgan fingerprint density at radius 1 is 1.00 bits per heavy atom. The van der Waals surface area contributed by atoms with E-state index in [2.05, 4.69) is 6.92 Å². The first-order valence-corrected chi connectivity index (χ1v) is 7.01. The molecule has 0 heterocycles. The van der Waals surface area contributed by atoms with Gasteiger partial charge in [0.15, 0.2) is 0 Å². The lowest BCUT2D eigenvalue weighted by Crippen LogP contribution is -2.12. The Morgan fingerprint density at radius 2 is 1.60 bits per heavy atom. The van der Waals surface area contributed by atoms with Crippen LogP contribution < -0.4 is 0 Å². The average Bonchev–Trinajstić information content (AvgIpc) is 2.86. The SMILES string of the molecule is CCCCCCCC1(O)C2CCCCC21. The standard InChI is InChI=1S/C14H26O/c1-2-3-4-5-8-11-14(15)12-9-6-7-10-13(12)14/h12-13,15H,2-11H2,1H3. The fourth-order valence-corrected chi connectivity index (χ4v) is 3.60. The highest BCUT2D eigenvalue weighted by Crippen LogP contribution is 2.60. The molecule has 0 amide bonds. The molecular formula is C14H26O. The Morgan fingerprint density at radius 3 is 2.20 bits per heavy atom. The Balaban J connectivity index is 1.63. The molecule has 2 saturated carbocycles. The quantitative estimate of drug-likeness (QED) is 0.659. The number of unbranched alkanes of at least 4 members (excludes halogenated alkanes) is 4. The van der Waals surface area contributed by atoms with E-state index in [1.54, 1.807) is 0 Å². The van der Waals surface area contributed by atoms with Crippen LogP contribution in [0.4, 0.5) is 0 Å². The summed E-state index contributed by atoms with van der Waals surface area (Å²) in [7, 11) is 0. The topological polar surface area (TPSA) is 20.2 Å². The van der Waals surface area contributed by atoms with Crippen molar-refractivity contribution in [3.63, 3.8) is 0 Å². The number of aliphatic hydroxyl groups is 1. The highest BCUT2D eigenvalue weighted by molar-refractivity contribution is 5.12. The Labute approximate surface area is 94.3 Å². The molecule has 0 saturated heterocycles. The summed E-state index contributed by atoms with van der Waals surface area (Å²) in [4.78, 5) is 0. The van der Waals surface area contributed by atoms with Crippen LogP contribution in [0.1, 0.15) is 71.1 Å². The van der Waals surface area contributed by atoms with Crippen molar-refractivity contribution in [2.75, 3.05) is 0 Å². The molecule has 0 aromatic carbocycles. The van der Waals surface area contributed by atoms with Gasteiger partial charge in [0.2, 0.25) is 0 Å². The molecule has 0 aromatic rings. The minimum absolute atomic E-state index is 0.206. The molecular weight excluding hydrogens is 184 g/mol. The molecule has 0 bridgehead atoms. The maximum Gasteiger partial charge on any atom is 0.0711 e. The van der Waals surface area contributed by atoms with E-state index in [-0.39, 0.29) is 5.60 Å². The van der Waals surface area contributed by atoms with Crippen molar-refractivity contribution < 1.29 is 5.11 Å². The smallest absolute Gasteiger partial charge is 0.0711 e. The largest absolute Gasteiger partial charge is 0.389 e. The molecule has 1 heteroatoms. The van der Waals surface area contributed by atoms with E-state index in [1.807, 2.05) is 0 Å². The molecule has 2 unspecified atom stereocenters. The van der Waals surface area contributed by atoms with E-state index in [0.717, 1.165) is 6.42 Å². The first-order valence-electron chi connectivity index (χ1n) is 7.01. The van der Waals surface area contributed by atoms with Crippen molar-refractivity contribution in [1.29, 1.82) is 0 Å². The summed E-state index contributed by atoms with van der Waals surface area (Å²) in [6.07, 6.45) is 13.0. The van der Waals surface area contributed by atoms with Crippen LogP contribution in [-0.2, 0) is 0 Å². The minimum atomic E-state index is -0.206. The van der Waals surface area contributed by atoms with Gasteiger partial charge in [-0.2, -0.15) is 0 Å². The fourth-order valence-electron chi connectivity index (χ4n) is 3.60. The Bertz CT molecular complexity index is 188. The van der Waals surface area contributed by atoms with Gasteiger partial charge in [0.1, 0.15) is 0 Å². The summed E-state index contributed by atoms with van der Waals surface area (Å²) < 4.78 is 0. The van der Waals surface area contributed by atoms with Crippen LogP contribution in [-0.4, -0.2) is 10.7 Å². The molecule has 2 aliphatic carbocycles. The zero-order valence-electron chi connectivity index (χ0n) is 10.2. The van der Waals surface area contributed by atoms with Crippen molar-refractivity contribution in [2.24, 2.45) is 11.8 Å². The molecule has 0 aliphatic heterocycles. The van der Waals surface area contributed by atoms with E-state index >= 15 is 0 Å². The zero-order chi connectivity index (χ0) is 10.7. The van der Waals surface area contributed by atoms with Crippen LogP contribution in [0.15, 0.2) is 0 Å². The molecule has 1 nitrogen and oxygen atoms in total. The number of hydrogen-bond acceptors (Lipinski definition) is 1. The van der Waals surface area contributed by atoms with Crippen LogP contribution in [0, 0.1) is 11.8 Å². The Kier molecular flexibility index (Phi) is 3.71. The molecule has 15 heavy (non-hydrogen) atoms. The zero-order valence-corrected chi connectivity index (χ0v) is 10.2. The van der Waals surface area contributed by atoms with E-state index in [0.29, 0.717) is 11.8 Å². The normalized spacial score (nSPS) is 38.8. The third-order valence-electron chi connectivity index (χ3n) is 4.62. The van der Waals surface area contributed by atoms with Crippen molar-refractivity contribution in [2.45, 2.75) is 76.7 Å². The first kappa shape index (κ1) is 11.4. The second-order valence-corrected chi connectivity index (χ2v) is 5.65. The van der Waals surface area contributed by atoms with Gasteiger partial charge >= 0.3 is 0 Å². The molecule has 0 radical (unpaired) electrons. The van der Waals surface area contributed by atoms with Crippen molar-refractivity contribution in [3.05, 3.63) is 0 Å². The lowest BCUT2D eigenvalue weighted by Gasteiger charge is -2.09. The van der Waals surface area contributed by atoms with Gasteiger partial charge in [0.05, 0.1) is 5.60 Å². The number of hydrogen-bond donors (Lipinski definition) is 1. The van der Waals surface area contributed by atoms with Crippen molar-refractivity contribution in [1.82, 2.24) is 0 Å². The van der Waals surface area contributed by atoms with Crippen LogP contribution in [0.2, 0.25) is 0 Å². The summed E-state index contributed by atoms with van der Waals surface area (Å²) >= 11 is 0. The fraction of sp³-hybridized carbons (Fsp3) is 1.00. The number of fused-ring (bicyclic) bond motifs is 1. The highest BCUT2D eigenvalue weighted by atomic mass is 16.3. The Hall–Kier alpha value is -0.0400. The molecule has 0 aromatic heterocycles. The second-order valence-electron chi connectivity index (χ2n) is 5.65. The van der Waals surface area contributed by atoms with E-state index < -0.39 is 0 Å². The summed E-state index contributed by atoms with van der Waals surface area (Å²) in [5.41, 5.74) is -0.206. The van der Waals surface area contributed by atoms with Crippen molar-refractivity contribution >= 4 is 0 Å². The van der Waals surface area contributed by atoms with Gasteiger partial charge in [-0.1, -0.05) is 51.9 Å².